The third-order valence-electron chi connectivity index (χ3n) is 3.63. The molecule has 1 aromatic heterocycles. The van der Waals surface area contributed by atoms with E-state index >= 15 is 0 Å². The van der Waals surface area contributed by atoms with Gasteiger partial charge in [0, 0.05) is 17.1 Å². The normalized spacial score (nSPS) is 11.0. The Hall–Kier alpha value is -3.02. The van der Waals surface area contributed by atoms with Crippen molar-refractivity contribution in [2.24, 2.45) is 0 Å². The van der Waals surface area contributed by atoms with Gasteiger partial charge in [0.1, 0.15) is 29.8 Å². The lowest BCUT2D eigenvalue weighted by atomic mass is 10.1. The van der Waals surface area contributed by atoms with Crippen molar-refractivity contribution in [3.05, 3.63) is 81.0 Å². The Balaban J connectivity index is 1.72. The Bertz CT molecular complexity index is 1060. The number of hydrogen-bond acceptors (Lipinski definition) is 5. The molecule has 0 atom stereocenters. The van der Waals surface area contributed by atoms with Crippen LogP contribution in [-0.2, 0) is 11.4 Å². The van der Waals surface area contributed by atoms with Crippen molar-refractivity contribution in [3.8, 4) is 11.8 Å². The molecular formula is C20H13BrFN3O2S. The first-order chi connectivity index (χ1) is 13.6. The highest BCUT2D eigenvalue weighted by molar-refractivity contribution is 9.10. The number of anilines is 1. The molecule has 0 radical (unpaired) electrons. The van der Waals surface area contributed by atoms with E-state index in [0.29, 0.717) is 26.5 Å². The van der Waals surface area contributed by atoms with E-state index in [4.69, 9.17) is 4.74 Å². The van der Waals surface area contributed by atoms with Crippen LogP contribution in [0, 0.1) is 17.1 Å². The Kier molecular flexibility index (Phi) is 6.53. The van der Waals surface area contributed by atoms with E-state index in [-0.39, 0.29) is 18.0 Å². The number of aromatic nitrogens is 1. The van der Waals surface area contributed by atoms with Gasteiger partial charge in [-0.15, -0.1) is 11.3 Å². The van der Waals surface area contributed by atoms with E-state index in [9.17, 15) is 14.4 Å². The van der Waals surface area contributed by atoms with E-state index in [1.807, 2.05) is 6.07 Å². The zero-order valence-electron chi connectivity index (χ0n) is 14.4. The third-order valence-corrected chi connectivity index (χ3v) is 4.93. The molecule has 2 aromatic carbocycles. The highest BCUT2D eigenvalue weighted by Gasteiger charge is 2.12. The van der Waals surface area contributed by atoms with Gasteiger partial charge in [-0.3, -0.25) is 10.1 Å². The number of halogens is 2. The van der Waals surface area contributed by atoms with E-state index in [1.165, 1.54) is 23.5 Å². The molecule has 1 N–H and O–H groups in total. The van der Waals surface area contributed by atoms with E-state index in [1.54, 1.807) is 48.0 Å². The molecule has 0 saturated heterocycles. The molecule has 0 aliphatic rings. The van der Waals surface area contributed by atoms with Gasteiger partial charge in [-0.1, -0.05) is 24.3 Å². The summed E-state index contributed by atoms with van der Waals surface area (Å²) in [7, 11) is 0. The van der Waals surface area contributed by atoms with Crippen LogP contribution >= 0.6 is 27.3 Å². The van der Waals surface area contributed by atoms with Crippen LogP contribution in [0.25, 0.3) is 6.08 Å². The van der Waals surface area contributed by atoms with Gasteiger partial charge in [-0.2, -0.15) is 5.26 Å². The minimum Gasteiger partial charge on any atom is -0.488 e. The molecule has 1 amide bonds. The summed E-state index contributed by atoms with van der Waals surface area (Å²) in [5, 5.41) is 14.0. The van der Waals surface area contributed by atoms with Gasteiger partial charge in [0.05, 0.1) is 4.47 Å². The summed E-state index contributed by atoms with van der Waals surface area (Å²) in [5.41, 5.74) is 1.03. The SMILES string of the molecule is N#C/C(=C/c1ccc(OCc2ccccc2F)c(Br)c1)C(=O)Nc1nccs1. The summed E-state index contributed by atoms with van der Waals surface area (Å²) in [4.78, 5) is 16.1. The largest absolute Gasteiger partial charge is 0.488 e. The number of nitrogens with one attached hydrogen (secondary N) is 1. The summed E-state index contributed by atoms with van der Waals surface area (Å²) >= 11 is 4.66. The number of benzene rings is 2. The third kappa shape index (κ3) is 5.03. The Morgan fingerprint density at radius 1 is 1.36 bits per heavy atom. The van der Waals surface area contributed by atoms with Crippen LogP contribution in [0.1, 0.15) is 11.1 Å². The molecule has 3 rings (SSSR count). The van der Waals surface area contributed by atoms with Gasteiger partial charge in [-0.05, 0) is 45.8 Å². The molecular weight excluding hydrogens is 445 g/mol. The quantitative estimate of drug-likeness (QED) is 0.409. The predicted molar refractivity (Wildman–Crippen MR) is 109 cm³/mol. The van der Waals surface area contributed by atoms with Crippen LogP contribution in [0.5, 0.6) is 5.75 Å². The number of amides is 1. The van der Waals surface area contributed by atoms with E-state index in [2.05, 4.69) is 26.2 Å². The maximum absolute atomic E-state index is 13.7. The molecule has 3 aromatic rings. The number of carbonyl (C=O) groups is 1. The summed E-state index contributed by atoms with van der Waals surface area (Å²) in [6.07, 6.45) is 3.03. The number of nitrogens with zero attached hydrogens (tertiary/aromatic N) is 2. The number of thiazole rings is 1. The maximum Gasteiger partial charge on any atom is 0.268 e. The average molecular weight is 458 g/mol. The smallest absolute Gasteiger partial charge is 0.268 e. The lowest BCUT2D eigenvalue weighted by molar-refractivity contribution is -0.112. The van der Waals surface area contributed by atoms with E-state index < -0.39 is 5.91 Å². The van der Waals surface area contributed by atoms with Crippen LogP contribution in [-0.4, -0.2) is 10.9 Å². The number of rotatable bonds is 6. The Labute approximate surface area is 173 Å². The fourth-order valence-corrected chi connectivity index (χ4v) is 3.29. The highest BCUT2D eigenvalue weighted by Crippen LogP contribution is 2.28. The second-order valence-corrected chi connectivity index (χ2v) is 7.28. The van der Waals surface area contributed by atoms with Gasteiger partial charge in [0.15, 0.2) is 5.13 Å². The molecule has 0 aliphatic carbocycles. The summed E-state index contributed by atoms with van der Waals surface area (Å²) in [5.74, 6) is -0.345. The van der Waals surface area contributed by atoms with Crippen molar-refractivity contribution < 1.29 is 13.9 Å². The minimum absolute atomic E-state index is 0.0536. The lowest BCUT2D eigenvalue weighted by Crippen LogP contribution is -2.13. The van der Waals surface area contributed by atoms with Gasteiger partial charge in [0.2, 0.25) is 0 Å². The molecule has 140 valence electrons. The van der Waals surface area contributed by atoms with Crippen LogP contribution in [0.4, 0.5) is 9.52 Å². The first-order valence-electron chi connectivity index (χ1n) is 8.05. The monoisotopic (exact) mass is 457 g/mol. The van der Waals surface area contributed by atoms with Crippen molar-refractivity contribution in [2.75, 3.05) is 5.32 Å². The zero-order valence-corrected chi connectivity index (χ0v) is 16.8. The highest BCUT2D eigenvalue weighted by atomic mass is 79.9. The fourth-order valence-electron chi connectivity index (χ4n) is 2.26. The second-order valence-electron chi connectivity index (χ2n) is 5.53. The van der Waals surface area contributed by atoms with Crippen molar-refractivity contribution in [1.29, 1.82) is 5.26 Å². The molecule has 1 heterocycles. The summed E-state index contributed by atoms with van der Waals surface area (Å²) in [6, 6.07) is 13.4. The first kappa shape index (κ1) is 19.7. The first-order valence-corrected chi connectivity index (χ1v) is 9.72. The number of hydrogen-bond donors (Lipinski definition) is 1. The summed E-state index contributed by atoms with van der Waals surface area (Å²) in [6.45, 7) is 0.0835. The van der Waals surface area contributed by atoms with Crippen LogP contribution in [0.2, 0.25) is 0 Å². The average Bonchev–Trinajstić information content (AvgIpc) is 3.19. The number of carbonyl (C=O) groups excluding carboxylic acids is 1. The van der Waals surface area contributed by atoms with Gasteiger partial charge >= 0.3 is 0 Å². The van der Waals surface area contributed by atoms with Gasteiger partial charge in [-0.25, -0.2) is 9.37 Å². The molecule has 0 spiro atoms. The molecule has 0 saturated carbocycles. The van der Waals surface area contributed by atoms with Crippen molar-refractivity contribution in [1.82, 2.24) is 4.98 Å². The maximum atomic E-state index is 13.7. The topological polar surface area (TPSA) is 75.0 Å². The Morgan fingerprint density at radius 2 is 2.18 bits per heavy atom. The fraction of sp³-hybridized carbons (Fsp3) is 0.0500. The number of ether oxygens (including phenoxy) is 1. The van der Waals surface area contributed by atoms with Crippen LogP contribution in [0.15, 0.2) is 64.1 Å². The molecule has 0 aliphatic heterocycles. The zero-order chi connectivity index (χ0) is 19.9. The predicted octanol–water partition coefficient (Wildman–Crippen LogP) is 5.17. The van der Waals surface area contributed by atoms with Crippen molar-refractivity contribution >= 4 is 44.4 Å². The van der Waals surface area contributed by atoms with E-state index in [0.717, 1.165) is 0 Å². The molecule has 5 nitrogen and oxygen atoms in total. The van der Waals surface area contributed by atoms with Gasteiger partial charge in [0.25, 0.3) is 5.91 Å². The minimum atomic E-state index is -0.534. The van der Waals surface area contributed by atoms with Crippen LogP contribution in [0.3, 0.4) is 0 Å². The van der Waals surface area contributed by atoms with Gasteiger partial charge < -0.3 is 4.74 Å². The second kappa shape index (κ2) is 9.26. The summed E-state index contributed by atoms with van der Waals surface area (Å²) < 4.78 is 19.9. The number of nitriles is 1. The molecule has 0 fully saturated rings. The molecule has 0 bridgehead atoms. The molecule has 0 unspecified atom stereocenters. The van der Waals surface area contributed by atoms with Crippen molar-refractivity contribution in [2.45, 2.75) is 6.61 Å². The van der Waals surface area contributed by atoms with Crippen molar-refractivity contribution in [3.63, 3.8) is 0 Å². The lowest BCUT2D eigenvalue weighted by Gasteiger charge is -2.09. The molecule has 8 heteroatoms. The Morgan fingerprint density at radius 3 is 2.86 bits per heavy atom. The molecule has 28 heavy (non-hydrogen) atoms. The standard InChI is InChI=1S/C20H13BrFN3O2S/c21-16-10-13(9-15(11-23)19(26)25-20-24-7-8-28-20)5-6-18(16)27-12-14-3-1-2-4-17(14)22/h1-10H,12H2,(H,24,25,26)/b15-9-. The van der Waals surface area contributed by atoms with Crippen LogP contribution < -0.4 is 10.1 Å².